The van der Waals surface area contributed by atoms with Crippen molar-refractivity contribution in [1.29, 1.82) is 0 Å². The molecule has 106 valence electrons. The summed E-state index contributed by atoms with van der Waals surface area (Å²) in [5.41, 5.74) is 0.320. The fourth-order valence-corrected chi connectivity index (χ4v) is 1.88. The number of carbonyl (C=O) groups excluding carboxylic acids is 2. The number of rotatable bonds is 4. The van der Waals surface area contributed by atoms with E-state index in [0.717, 1.165) is 4.90 Å². The zero-order chi connectivity index (χ0) is 14.7. The van der Waals surface area contributed by atoms with Crippen LogP contribution in [0.15, 0.2) is 24.3 Å². The van der Waals surface area contributed by atoms with Crippen LogP contribution >= 0.6 is 0 Å². The number of aliphatic carboxylic acids is 1. The summed E-state index contributed by atoms with van der Waals surface area (Å²) in [6, 6.07) is 6.42. The molecule has 1 N–H and O–H groups in total. The Labute approximate surface area is 114 Å². The summed E-state index contributed by atoms with van der Waals surface area (Å²) in [6.45, 7) is 1.16. The van der Waals surface area contributed by atoms with Crippen molar-refractivity contribution < 1.29 is 29.0 Å². The quantitative estimate of drug-likeness (QED) is 0.634. The van der Waals surface area contributed by atoms with Crippen LogP contribution in [0.4, 0.5) is 5.69 Å². The van der Waals surface area contributed by atoms with Crippen LogP contribution in [0.5, 0.6) is 5.75 Å². The van der Waals surface area contributed by atoms with Crippen molar-refractivity contribution in [3.05, 3.63) is 24.3 Å². The lowest BCUT2D eigenvalue weighted by atomic mass is 10.1. The van der Waals surface area contributed by atoms with Gasteiger partial charge in [0.1, 0.15) is 12.3 Å². The number of ether oxygens (including phenoxy) is 2. The smallest absolute Gasteiger partial charge is 0.357 e. The molecular formula is C13H13NO6. The van der Waals surface area contributed by atoms with Crippen LogP contribution in [0, 0.1) is 0 Å². The molecule has 1 aromatic rings. The summed E-state index contributed by atoms with van der Waals surface area (Å²) in [5.74, 6) is -2.49. The Kier molecular flexibility index (Phi) is 3.88. The Morgan fingerprint density at radius 2 is 2.10 bits per heavy atom. The fourth-order valence-electron chi connectivity index (χ4n) is 1.88. The highest BCUT2D eigenvalue weighted by atomic mass is 16.6. The van der Waals surface area contributed by atoms with E-state index in [2.05, 4.69) is 0 Å². The average Bonchev–Trinajstić information content (AvgIpc) is 2.41. The van der Waals surface area contributed by atoms with E-state index in [1.165, 1.54) is 0 Å². The lowest BCUT2D eigenvalue weighted by Crippen LogP contribution is -2.51. The molecule has 1 atom stereocenters. The maximum Gasteiger partial charge on any atom is 0.357 e. The Morgan fingerprint density at radius 3 is 2.75 bits per heavy atom. The molecule has 0 radical (unpaired) electrons. The number of amides is 1. The second-order valence-corrected chi connectivity index (χ2v) is 4.04. The largest absolute Gasteiger partial charge is 0.480 e. The average molecular weight is 279 g/mol. The van der Waals surface area contributed by atoms with Gasteiger partial charge in [-0.05, 0) is 19.1 Å². The molecule has 0 fully saturated rings. The first kappa shape index (κ1) is 13.9. The molecule has 0 aromatic heterocycles. The molecule has 2 rings (SSSR count). The van der Waals surface area contributed by atoms with Crippen LogP contribution in [0.1, 0.15) is 6.92 Å². The van der Waals surface area contributed by atoms with Gasteiger partial charge in [-0.25, -0.2) is 4.79 Å². The van der Waals surface area contributed by atoms with Gasteiger partial charge < -0.3 is 14.6 Å². The summed E-state index contributed by atoms with van der Waals surface area (Å²) in [6.07, 6.45) is -1.47. The number of para-hydroxylation sites is 2. The number of nitrogens with zero attached hydrogens (tertiary/aromatic N) is 1. The van der Waals surface area contributed by atoms with E-state index in [4.69, 9.17) is 14.6 Å². The molecule has 0 aliphatic carbocycles. The first-order chi connectivity index (χ1) is 9.54. The molecule has 7 heteroatoms. The number of anilines is 1. The second-order valence-electron chi connectivity index (χ2n) is 4.04. The molecule has 1 aromatic carbocycles. The molecule has 1 heterocycles. The van der Waals surface area contributed by atoms with E-state index in [-0.39, 0.29) is 12.4 Å². The monoisotopic (exact) mass is 279 g/mol. The van der Waals surface area contributed by atoms with Crippen molar-refractivity contribution in [2.24, 2.45) is 0 Å². The van der Waals surface area contributed by atoms with Gasteiger partial charge in [-0.1, -0.05) is 12.1 Å². The zero-order valence-corrected chi connectivity index (χ0v) is 10.7. The standard InChI is InChI=1S/C13H13NO6/c1-2-19-13(18)11-12(17)14(7-10(15)16)8-5-3-4-6-9(8)20-11/h3-6,11H,2,7H2,1H3,(H,15,16). The van der Waals surface area contributed by atoms with Crippen LogP contribution in [-0.4, -0.2) is 42.2 Å². The molecule has 7 nitrogen and oxygen atoms in total. The Bertz CT molecular complexity index is 556. The Balaban J connectivity index is 2.37. The Hall–Kier alpha value is -2.57. The van der Waals surface area contributed by atoms with Gasteiger partial charge in [0, 0.05) is 0 Å². The number of fused-ring (bicyclic) bond motifs is 1. The number of hydrogen-bond donors (Lipinski definition) is 1. The normalized spacial score (nSPS) is 17.1. The van der Waals surface area contributed by atoms with E-state index in [1.54, 1.807) is 31.2 Å². The second kappa shape index (κ2) is 5.60. The molecular weight excluding hydrogens is 266 g/mol. The molecule has 1 aliphatic heterocycles. The summed E-state index contributed by atoms with van der Waals surface area (Å²) in [4.78, 5) is 35.8. The SMILES string of the molecule is CCOC(=O)C1Oc2ccccc2N(CC(=O)O)C1=O. The van der Waals surface area contributed by atoms with Crippen molar-refractivity contribution in [1.82, 2.24) is 0 Å². The molecule has 0 bridgehead atoms. The van der Waals surface area contributed by atoms with Gasteiger partial charge in [0.15, 0.2) is 0 Å². The van der Waals surface area contributed by atoms with Crippen molar-refractivity contribution in [3.63, 3.8) is 0 Å². The molecule has 1 amide bonds. The molecule has 0 saturated carbocycles. The van der Waals surface area contributed by atoms with Gasteiger partial charge >= 0.3 is 11.9 Å². The van der Waals surface area contributed by atoms with E-state index in [9.17, 15) is 14.4 Å². The highest BCUT2D eigenvalue weighted by molar-refractivity contribution is 6.12. The summed E-state index contributed by atoms with van der Waals surface area (Å²) in [5, 5.41) is 8.89. The van der Waals surface area contributed by atoms with Gasteiger partial charge in [0.25, 0.3) is 12.0 Å². The lowest BCUT2D eigenvalue weighted by molar-refractivity contribution is -0.156. The van der Waals surface area contributed by atoms with E-state index in [1.807, 2.05) is 0 Å². The minimum absolute atomic E-state index is 0.104. The molecule has 1 aliphatic rings. The third kappa shape index (κ3) is 2.56. The maximum absolute atomic E-state index is 12.2. The first-order valence-electron chi connectivity index (χ1n) is 6.00. The lowest BCUT2D eigenvalue weighted by Gasteiger charge is -2.32. The number of esters is 1. The van der Waals surface area contributed by atoms with E-state index >= 15 is 0 Å². The van der Waals surface area contributed by atoms with Crippen LogP contribution in [0.25, 0.3) is 0 Å². The number of hydrogen-bond acceptors (Lipinski definition) is 5. The van der Waals surface area contributed by atoms with Gasteiger partial charge in [-0.2, -0.15) is 0 Å². The van der Waals surface area contributed by atoms with Crippen molar-refractivity contribution in [2.45, 2.75) is 13.0 Å². The third-order valence-electron chi connectivity index (χ3n) is 2.69. The van der Waals surface area contributed by atoms with Crippen molar-refractivity contribution in [2.75, 3.05) is 18.1 Å². The van der Waals surface area contributed by atoms with Crippen LogP contribution in [0.2, 0.25) is 0 Å². The number of carbonyl (C=O) groups is 3. The number of carboxylic acid groups (broad SMARTS) is 1. The van der Waals surface area contributed by atoms with Crippen LogP contribution in [-0.2, 0) is 19.1 Å². The highest BCUT2D eigenvalue weighted by Crippen LogP contribution is 2.33. The Morgan fingerprint density at radius 1 is 1.40 bits per heavy atom. The number of carboxylic acids is 1. The van der Waals surface area contributed by atoms with E-state index in [0.29, 0.717) is 5.69 Å². The minimum atomic E-state index is -1.47. The van der Waals surface area contributed by atoms with Crippen LogP contribution in [0.3, 0.4) is 0 Å². The summed E-state index contributed by atoms with van der Waals surface area (Å²) in [7, 11) is 0. The third-order valence-corrected chi connectivity index (χ3v) is 2.69. The van der Waals surface area contributed by atoms with Gasteiger partial charge in [-0.3, -0.25) is 14.5 Å². The minimum Gasteiger partial charge on any atom is -0.480 e. The zero-order valence-electron chi connectivity index (χ0n) is 10.7. The number of benzene rings is 1. The molecule has 0 spiro atoms. The van der Waals surface area contributed by atoms with Crippen molar-refractivity contribution >= 4 is 23.5 Å². The predicted octanol–water partition coefficient (Wildman–Crippen LogP) is 0.428. The fraction of sp³-hybridized carbons (Fsp3) is 0.308. The van der Waals surface area contributed by atoms with Gasteiger partial charge in [0.05, 0.1) is 12.3 Å². The first-order valence-corrected chi connectivity index (χ1v) is 6.00. The molecule has 0 saturated heterocycles. The van der Waals surface area contributed by atoms with E-state index < -0.39 is 30.5 Å². The summed E-state index contributed by atoms with van der Waals surface area (Å²) < 4.78 is 10.1. The molecule has 20 heavy (non-hydrogen) atoms. The maximum atomic E-state index is 12.2. The summed E-state index contributed by atoms with van der Waals surface area (Å²) >= 11 is 0. The van der Waals surface area contributed by atoms with Crippen molar-refractivity contribution in [3.8, 4) is 5.75 Å². The molecule has 1 unspecified atom stereocenters. The predicted molar refractivity (Wildman–Crippen MR) is 67.5 cm³/mol. The van der Waals surface area contributed by atoms with Gasteiger partial charge in [-0.15, -0.1) is 0 Å². The topological polar surface area (TPSA) is 93.1 Å². The van der Waals surface area contributed by atoms with Gasteiger partial charge in [0.2, 0.25) is 0 Å². The highest BCUT2D eigenvalue weighted by Gasteiger charge is 2.40. The van der Waals surface area contributed by atoms with Crippen LogP contribution < -0.4 is 9.64 Å².